The molecular weight excluding hydrogens is 316 g/mol. The number of rotatable bonds is 2. The monoisotopic (exact) mass is 332 g/mol. The molecule has 6 nitrogen and oxygen atoms in total. The molecule has 7 heteroatoms. The summed E-state index contributed by atoms with van der Waals surface area (Å²) in [4.78, 5) is 10.5. The Morgan fingerprint density at radius 3 is 3.00 bits per heavy atom. The highest BCUT2D eigenvalue weighted by molar-refractivity contribution is 6.35. The van der Waals surface area contributed by atoms with Gasteiger partial charge < -0.3 is 20.1 Å². The van der Waals surface area contributed by atoms with Crippen LogP contribution in [-0.2, 0) is 0 Å². The Kier molecular flexibility index (Phi) is 3.61. The number of halogens is 1. The highest BCUT2D eigenvalue weighted by Crippen LogP contribution is 2.45. The minimum Gasteiger partial charge on any atom is -0.486 e. The van der Waals surface area contributed by atoms with Crippen LogP contribution in [0, 0.1) is 0 Å². The first-order valence-corrected chi connectivity index (χ1v) is 8.04. The molecule has 2 aliphatic heterocycles. The lowest BCUT2D eigenvalue weighted by atomic mass is 10.0. The lowest BCUT2D eigenvalue weighted by molar-refractivity contribution is 0.169. The molecule has 0 spiro atoms. The van der Waals surface area contributed by atoms with Crippen molar-refractivity contribution < 1.29 is 9.47 Å². The number of nitrogen functional groups attached to an aromatic ring is 1. The van der Waals surface area contributed by atoms with Crippen molar-refractivity contribution in [3.05, 3.63) is 35.1 Å². The first kappa shape index (κ1) is 14.4. The van der Waals surface area contributed by atoms with Crippen LogP contribution in [-0.4, -0.2) is 29.7 Å². The minimum atomic E-state index is 0.137. The van der Waals surface area contributed by atoms with Crippen LogP contribution in [0.15, 0.2) is 24.5 Å². The van der Waals surface area contributed by atoms with Gasteiger partial charge in [-0.1, -0.05) is 23.7 Å². The molecule has 1 aromatic heterocycles. The Morgan fingerprint density at radius 1 is 1.22 bits per heavy atom. The summed E-state index contributed by atoms with van der Waals surface area (Å²) in [6.07, 6.45) is 3.50. The zero-order chi connectivity index (χ0) is 15.8. The van der Waals surface area contributed by atoms with E-state index >= 15 is 0 Å². The van der Waals surface area contributed by atoms with Gasteiger partial charge in [0.25, 0.3) is 0 Å². The van der Waals surface area contributed by atoms with Gasteiger partial charge in [0.1, 0.15) is 30.4 Å². The van der Waals surface area contributed by atoms with Crippen LogP contribution in [0.2, 0.25) is 5.02 Å². The molecule has 2 aliphatic rings. The summed E-state index contributed by atoms with van der Waals surface area (Å²) in [5.41, 5.74) is 6.93. The largest absolute Gasteiger partial charge is 0.486 e. The highest BCUT2D eigenvalue weighted by Gasteiger charge is 2.32. The third-order valence-electron chi connectivity index (χ3n) is 4.28. The molecule has 1 fully saturated rings. The summed E-state index contributed by atoms with van der Waals surface area (Å²) in [5.74, 6) is 2.61. The fourth-order valence-corrected chi connectivity index (χ4v) is 3.48. The molecule has 2 N–H and O–H groups in total. The Hall–Kier alpha value is -2.21. The molecule has 0 aliphatic carbocycles. The quantitative estimate of drug-likeness (QED) is 0.911. The number of anilines is 2. The van der Waals surface area contributed by atoms with Crippen molar-refractivity contribution in [1.29, 1.82) is 0 Å². The molecule has 23 heavy (non-hydrogen) atoms. The predicted molar refractivity (Wildman–Crippen MR) is 88.2 cm³/mol. The Bertz CT molecular complexity index is 740. The molecule has 1 atom stereocenters. The Morgan fingerprint density at radius 2 is 2.09 bits per heavy atom. The number of para-hydroxylation sites is 1. The van der Waals surface area contributed by atoms with Crippen LogP contribution in [0.25, 0.3) is 0 Å². The average Bonchev–Trinajstić information content (AvgIpc) is 3.06. The third-order valence-corrected chi connectivity index (χ3v) is 4.64. The van der Waals surface area contributed by atoms with E-state index in [1.54, 1.807) is 0 Å². The van der Waals surface area contributed by atoms with E-state index in [4.69, 9.17) is 26.8 Å². The minimum absolute atomic E-state index is 0.137. The van der Waals surface area contributed by atoms with Crippen LogP contribution < -0.4 is 20.1 Å². The molecule has 3 heterocycles. The van der Waals surface area contributed by atoms with Crippen LogP contribution >= 0.6 is 11.6 Å². The van der Waals surface area contributed by atoms with Gasteiger partial charge in [-0.25, -0.2) is 9.97 Å². The van der Waals surface area contributed by atoms with Crippen molar-refractivity contribution >= 4 is 23.2 Å². The highest BCUT2D eigenvalue weighted by atomic mass is 35.5. The number of aromatic nitrogens is 2. The number of nitrogens with two attached hydrogens (primary N) is 1. The van der Waals surface area contributed by atoms with Gasteiger partial charge in [0.05, 0.1) is 6.04 Å². The van der Waals surface area contributed by atoms with E-state index in [-0.39, 0.29) is 6.04 Å². The molecule has 4 rings (SSSR count). The number of benzene rings is 1. The molecular formula is C16H17ClN4O2. The van der Waals surface area contributed by atoms with E-state index in [1.807, 2.05) is 12.1 Å². The molecule has 2 aromatic rings. The van der Waals surface area contributed by atoms with E-state index < -0.39 is 0 Å². The first-order valence-electron chi connectivity index (χ1n) is 7.67. The van der Waals surface area contributed by atoms with Crippen LogP contribution in [0.5, 0.6) is 11.5 Å². The molecule has 0 saturated carbocycles. The fourth-order valence-electron chi connectivity index (χ4n) is 3.28. The molecule has 0 bridgehead atoms. The van der Waals surface area contributed by atoms with E-state index in [9.17, 15) is 0 Å². The van der Waals surface area contributed by atoms with Gasteiger partial charge in [-0.15, -0.1) is 0 Å². The van der Waals surface area contributed by atoms with Crippen LogP contribution in [0.4, 0.5) is 11.6 Å². The van der Waals surface area contributed by atoms with Crippen molar-refractivity contribution in [2.24, 2.45) is 0 Å². The topological polar surface area (TPSA) is 73.5 Å². The van der Waals surface area contributed by atoms with Gasteiger partial charge in [-0.05, 0) is 18.9 Å². The van der Waals surface area contributed by atoms with E-state index in [0.29, 0.717) is 29.9 Å². The predicted octanol–water partition coefficient (Wildman–Crippen LogP) is 2.82. The molecule has 0 amide bonds. The van der Waals surface area contributed by atoms with Gasteiger partial charge in [-0.2, -0.15) is 0 Å². The lowest BCUT2D eigenvalue weighted by Gasteiger charge is -2.30. The smallest absolute Gasteiger partial charge is 0.166 e. The number of fused-ring (bicyclic) bond motifs is 1. The molecule has 1 unspecified atom stereocenters. The van der Waals surface area contributed by atoms with E-state index in [1.165, 1.54) is 6.33 Å². The Labute approximate surface area is 139 Å². The standard InChI is InChI=1S/C16H17ClN4O2/c17-13-15(18)19-9-20-16(13)21-6-2-4-11(21)10-3-1-5-12-14(10)23-8-7-22-12/h1,3,5,9,11H,2,4,6-8H2,(H2,18,19,20). The Balaban J connectivity index is 1.75. The lowest BCUT2D eigenvalue weighted by Crippen LogP contribution is -2.26. The number of hydrogen-bond acceptors (Lipinski definition) is 6. The van der Waals surface area contributed by atoms with Crippen molar-refractivity contribution in [2.75, 3.05) is 30.4 Å². The second-order valence-corrected chi connectivity index (χ2v) is 6.00. The average molecular weight is 333 g/mol. The van der Waals surface area contributed by atoms with Gasteiger partial charge in [-0.3, -0.25) is 0 Å². The van der Waals surface area contributed by atoms with E-state index in [0.717, 1.165) is 36.4 Å². The van der Waals surface area contributed by atoms with Crippen molar-refractivity contribution in [3.8, 4) is 11.5 Å². The summed E-state index contributed by atoms with van der Waals surface area (Å²) in [6, 6.07) is 6.15. The van der Waals surface area contributed by atoms with Gasteiger partial charge >= 0.3 is 0 Å². The number of nitrogens with zero attached hydrogens (tertiary/aromatic N) is 3. The summed E-state index contributed by atoms with van der Waals surface area (Å²) in [5, 5.41) is 0.404. The summed E-state index contributed by atoms with van der Waals surface area (Å²) < 4.78 is 11.6. The van der Waals surface area contributed by atoms with Gasteiger partial charge in [0.2, 0.25) is 0 Å². The maximum absolute atomic E-state index is 6.32. The molecule has 120 valence electrons. The molecule has 1 saturated heterocycles. The zero-order valence-electron chi connectivity index (χ0n) is 12.5. The van der Waals surface area contributed by atoms with Gasteiger partial charge in [0, 0.05) is 12.1 Å². The van der Waals surface area contributed by atoms with Gasteiger partial charge in [0.15, 0.2) is 17.3 Å². The molecule has 0 radical (unpaired) electrons. The van der Waals surface area contributed by atoms with Crippen molar-refractivity contribution in [1.82, 2.24) is 9.97 Å². The van der Waals surface area contributed by atoms with E-state index in [2.05, 4.69) is 20.9 Å². The number of hydrogen-bond donors (Lipinski definition) is 1. The van der Waals surface area contributed by atoms with Crippen LogP contribution in [0.1, 0.15) is 24.4 Å². The fraction of sp³-hybridized carbons (Fsp3) is 0.375. The maximum atomic E-state index is 6.32. The summed E-state index contributed by atoms with van der Waals surface area (Å²) >= 11 is 6.32. The summed E-state index contributed by atoms with van der Waals surface area (Å²) in [7, 11) is 0. The second kappa shape index (κ2) is 5.77. The van der Waals surface area contributed by atoms with Crippen LogP contribution in [0.3, 0.4) is 0 Å². The maximum Gasteiger partial charge on any atom is 0.166 e. The number of ether oxygens (including phenoxy) is 2. The first-order chi connectivity index (χ1) is 11.3. The second-order valence-electron chi connectivity index (χ2n) is 5.62. The third kappa shape index (κ3) is 2.43. The van der Waals surface area contributed by atoms with Crippen molar-refractivity contribution in [3.63, 3.8) is 0 Å². The summed E-state index contributed by atoms with van der Waals surface area (Å²) in [6.45, 7) is 2.02. The molecule has 1 aromatic carbocycles. The SMILES string of the molecule is Nc1ncnc(N2CCCC2c2cccc3c2OCCO3)c1Cl. The van der Waals surface area contributed by atoms with Crippen molar-refractivity contribution in [2.45, 2.75) is 18.9 Å². The normalized spacial score (nSPS) is 19.9. The zero-order valence-corrected chi connectivity index (χ0v) is 13.3.